The van der Waals surface area contributed by atoms with Gasteiger partial charge in [-0.3, -0.25) is 0 Å². The molecule has 14 aromatic carbocycles. The Labute approximate surface area is 446 Å². The summed E-state index contributed by atoms with van der Waals surface area (Å²) in [5.74, 6) is 0. The Morgan fingerprint density at radius 3 is 1.27 bits per heavy atom. The van der Waals surface area contributed by atoms with Crippen LogP contribution >= 0.6 is 0 Å². The fourth-order valence-electron chi connectivity index (χ4n) is 12.0. The predicted octanol–water partition coefficient (Wildman–Crippen LogP) is 21.3. The summed E-state index contributed by atoms with van der Waals surface area (Å²) in [6.07, 6.45) is 0. The van der Waals surface area contributed by atoms with Gasteiger partial charge in [-0.25, -0.2) is 0 Å². The standard InChI is InChI=1S/C74H48N2O/c1-2-17-54(18-3-1)76(72-27-14-16-51-15-4-5-19-61(51)72)57-38-31-50(32-39-57)49-29-36-55(37-30-49)75(58-42-43-68-66-24-9-8-22-64(66)65-23-10-11-25-67(65)70(68)48-58)56-40-33-52(34-41-56)59-44-45-60(63-21-7-6-20-62(59)63)53-35-46-74-71(47-53)69-26-12-13-28-73(69)77-74/h1-48H. The van der Waals surface area contributed by atoms with E-state index in [-0.39, 0.29) is 0 Å². The summed E-state index contributed by atoms with van der Waals surface area (Å²) in [4.78, 5) is 4.76. The Morgan fingerprint density at radius 1 is 0.208 bits per heavy atom. The van der Waals surface area contributed by atoms with Crippen molar-refractivity contribution < 1.29 is 4.42 Å². The van der Waals surface area contributed by atoms with E-state index in [2.05, 4.69) is 289 Å². The molecule has 0 atom stereocenters. The Morgan fingerprint density at radius 2 is 0.636 bits per heavy atom. The van der Waals surface area contributed by atoms with Crippen LogP contribution < -0.4 is 9.80 Å². The molecular weight excluding hydrogens is 933 g/mol. The van der Waals surface area contributed by atoms with Crippen LogP contribution in [-0.4, -0.2) is 0 Å². The lowest BCUT2D eigenvalue weighted by atomic mass is 9.91. The minimum absolute atomic E-state index is 0.904. The van der Waals surface area contributed by atoms with E-state index in [1.165, 1.54) is 70.6 Å². The molecule has 77 heavy (non-hydrogen) atoms. The van der Waals surface area contributed by atoms with Crippen molar-refractivity contribution in [2.75, 3.05) is 9.80 Å². The van der Waals surface area contributed by atoms with Gasteiger partial charge in [0.1, 0.15) is 11.2 Å². The lowest BCUT2D eigenvalue weighted by Gasteiger charge is -2.27. The molecule has 360 valence electrons. The molecule has 0 bridgehead atoms. The maximum absolute atomic E-state index is 6.20. The Bertz CT molecular complexity index is 4690. The summed E-state index contributed by atoms with van der Waals surface area (Å²) in [6.45, 7) is 0. The summed E-state index contributed by atoms with van der Waals surface area (Å²) in [5.41, 5.74) is 15.4. The van der Waals surface area contributed by atoms with Crippen LogP contribution in [0.1, 0.15) is 0 Å². The first-order valence-corrected chi connectivity index (χ1v) is 26.4. The highest BCUT2D eigenvalue weighted by molar-refractivity contribution is 6.26. The third-order valence-electron chi connectivity index (χ3n) is 15.6. The number of benzene rings is 14. The van der Waals surface area contributed by atoms with E-state index in [4.69, 9.17) is 4.42 Å². The molecule has 0 aliphatic rings. The van der Waals surface area contributed by atoms with E-state index in [1.54, 1.807) is 0 Å². The highest BCUT2D eigenvalue weighted by atomic mass is 16.3. The van der Waals surface area contributed by atoms with Crippen LogP contribution in [0.3, 0.4) is 0 Å². The van der Waals surface area contributed by atoms with Gasteiger partial charge in [0.05, 0.1) is 5.69 Å². The molecule has 0 amide bonds. The van der Waals surface area contributed by atoms with E-state index in [0.29, 0.717) is 0 Å². The number of nitrogens with zero attached hydrogens (tertiary/aromatic N) is 2. The molecule has 3 heteroatoms. The lowest BCUT2D eigenvalue weighted by molar-refractivity contribution is 0.669. The van der Waals surface area contributed by atoms with Gasteiger partial charge in [-0.05, 0) is 167 Å². The van der Waals surface area contributed by atoms with E-state index < -0.39 is 0 Å². The molecule has 1 heterocycles. The molecule has 15 aromatic rings. The molecule has 15 rings (SSSR count). The number of anilines is 6. The van der Waals surface area contributed by atoms with Crippen molar-refractivity contribution in [1.82, 2.24) is 0 Å². The van der Waals surface area contributed by atoms with Gasteiger partial charge in [-0.1, -0.05) is 206 Å². The third-order valence-corrected chi connectivity index (χ3v) is 15.6. The smallest absolute Gasteiger partial charge is 0.135 e. The second-order valence-electron chi connectivity index (χ2n) is 20.0. The Hall–Kier alpha value is -10.2. The summed E-state index contributed by atoms with van der Waals surface area (Å²) in [6, 6.07) is 106. The molecule has 0 N–H and O–H groups in total. The first-order chi connectivity index (χ1) is 38.2. The molecule has 0 aliphatic carbocycles. The van der Waals surface area contributed by atoms with Crippen molar-refractivity contribution in [3.8, 4) is 33.4 Å². The van der Waals surface area contributed by atoms with Crippen molar-refractivity contribution in [3.63, 3.8) is 0 Å². The highest BCUT2D eigenvalue weighted by Crippen LogP contribution is 2.45. The number of hydrogen-bond donors (Lipinski definition) is 0. The molecule has 0 radical (unpaired) electrons. The van der Waals surface area contributed by atoms with Gasteiger partial charge in [0, 0.05) is 44.6 Å². The first kappa shape index (κ1) is 44.3. The van der Waals surface area contributed by atoms with Gasteiger partial charge in [0.15, 0.2) is 0 Å². The van der Waals surface area contributed by atoms with Crippen LogP contribution in [0.25, 0.3) is 109 Å². The van der Waals surface area contributed by atoms with Crippen molar-refractivity contribution in [2.24, 2.45) is 0 Å². The van der Waals surface area contributed by atoms with Crippen LogP contribution in [-0.2, 0) is 0 Å². The van der Waals surface area contributed by atoms with Gasteiger partial charge in [0.2, 0.25) is 0 Å². The van der Waals surface area contributed by atoms with Gasteiger partial charge in [0.25, 0.3) is 0 Å². The summed E-state index contributed by atoms with van der Waals surface area (Å²) >= 11 is 0. The minimum Gasteiger partial charge on any atom is -0.456 e. The zero-order chi connectivity index (χ0) is 50.8. The summed E-state index contributed by atoms with van der Waals surface area (Å²) in [5, 5.41) is 14.6. The van der Waals surface area contributed by atoms with Crippen LogP contribution in [0.5, 0.6) is 0 Å². The van der Waals surface area contributed by atoms with Gasteiger partial charge < -0.3 is 14.2 Å². The van der Waals surface area contributed by atoms with Gasteiger partial charge >= 0.3 is 0 Å². The maximum Gasteiger partial charge on any atom is 0.135 e. The number of furan rings is 1. The second kappa shape index (κ2) is 18.3. The number of para-hydroxylation sites is 2. The average molecular weight is 981 g/mol. The molecule has 0 unspecified atom stereocenters. The maximum atomic E-state index is 6.20. The molecule has 0 saturated heterocycles. The van der Waals surface area contributed by atoms with Gasteiger partial charge in [-0.2, -0.15) is 0 Å². The largest absolute Gasteiger partial charge is 0.456 e. The van der Waals surface area contributed by atoms with E-state index in [1.807, 2.05) is 12.1 Å². The molecule has 0 fully saturated rings. The van der Waals surface area contributed by atoms with Crippen LogP contribution in [0, 0.1) is 0 Å². The third kappa shape index (κ3) is 7.59. The van der Waals surface area contributed by atoms with Gasteiger partial charge in [-0.15, -0.1) is 0 Å². The zero-order valence-electron chi connectivity index (χ0n) is 42.0. The van der Waals surface area contributed by atoms with Crippen LogP contribution in [0.2, 0.25) is 0 Å². The SMILES string of the molecule is c1ccc(N(c2ccc(-c3ccc(N(c4ccc(-c5ccc(-c6ccc7oc8ccccc8c7c6)c6ccccc56)cc4)c4ccc5c6ccccc6c6ccccc6c5c4)cc3)cc2)c2cccc3ccccc23)cc1. The van der Waals surface area contributed by atoms with Crippen molar-refractivity contribution in [2.45, 2.75) is 0 Å². The lowest BCUT2D eigenvalue weighted by Crippen LogP contribution is -2.10. The zero-order valence-corrected chi connectivity index (χ0v) is 42.0. The van der Waals surface area contributed by atoms with Crippen molar-refractivity contribution in [1.29, 1.82) is 0 Å². The minimum atomic E-state index is 0.904. The molecule has 0 spiro atoms. The van der Waals surface area contributed by atoms with E-state index in [9.17, 15) is 0 Å². The number of hydrogen-bond acceptors (Lipinski definition) is 3. The summed E-state index contributed by atoms with van der Waals surface area (Å²) in [7, 11) is 0. The monoisotopic (exact) mass is 980 g/mol. The molecule has 3 nitrogen and oxygen atoms in total. The molecule has 0 aliphatic heterocycles. The fourth-order valence-corrected chi connectivity index (χ4v) is 12.0. The average Bonchev–Trinajstić information content (AvgIpc) is 3.89. The molecule has 1 aromatic heterocycles. The Kier molecular flexibility index (Phi) is 10.5. The summed E-state index contributed by atoms with van der Waals surface area (Å²) < 4.78 is 6.20. The molecular formula is C74H48N2O. The fraction of sp³-hybridized carbons (Fsp3) is 0. The van der Waals surface area contributed by atoms with Crippen LogP contribution in [0.15, 0.2) is 296 Å². The normalized spacial score (nSPS) is 11.6. The highest BCUT2D eigenvalue weighted by Gasteiger charge is 2.19. The number of rotatable bonds is 9. The second-order valence-corrected chi connectivity index (χ2v) is 20.0. The molecule has 0 saturated carbocycles. The van der Waals surface area contributed by atoms with Crippen molar-refractivity contribution in [3.05, 3.63) is 291 Å². The van der Waals surface area contributed by atoms with Crippen molar-refractivity contribution >= 4 is 110 Å². The van der Waals surface area contributed by atoms with E-state index >= 15 is 0 Å². The quantitative estimate of drug-likeness (QED) is 0.134. The topological polar surface area (TPSA) is 19.6 Å². The predicted molar refractivity (Wildman–Crippen MR) is 327 cm³/mol. The van der Waals surface area contributed by atoms with E-state index in [0.717, 1.165) is 72.8 Å². The first-order valence-electron chi connectivity index (χ1n) is 26.4. The van der Waals surface area contributed by atoms with Crippen LogP contribution in [0.4, 0.5) is 34.1 Å². The number of fused-ring (bicyclic) bond motifs is 11. The Balaban J connectivity index is 0.815.